The van der Waals surface area contributed by atoms with Crippen LogP contribution in [-0.2, 0) is 5.41 Å². The van der Waals surface area contributed by atoms with Gasteiger partial charge in [0.2, 0.25) is 0 Å². The fourth-order valence-electron chi connectivity index (χ4n) is 3.51. The maximum Gasteiger partial charge on any atom is 0.165 e. The van der Waals surface area contributed by atoms with E-state index in [0.717, 1.165) is 43.2 Å². The second-order valence-corrected chi connectivity index (χ2v) is 5.98. The largest absolute Gasteiger partial charge is 0.505 e. The maximum absolute atomic E-state index is 13.8. The topological polar surface area (TPSA) is 40.5 Å². The molecular weight excluding hydrogens is 286 g/mol. The predicted octanol–water partition coefficient (Wildman–Crippen LogP) is 4.63. The molecule has 1 saturated carbocycles. The maximum atomic E-state index is 13.8. The molecule has 4 heteroatoms. The van der Waals surface area contributed by atoms with E-state index >= 15 is 0 Å². The minimum absolute atomic E-state index is 0.383. The first-order valence-corrected chi connectivity index (χ1v) is 7.51. The summed E-state index contributed by atoms with van der Waals surface area (Å²) in [5, 5.41) is 18.8. The second kappa shape index (κ2) is 5.59. The average molecular weight is 304 g/mol. The second-order valence-electron chi connectivity index (χ2n) is 5.98. The zero-order valence-corrected chi connectivity index (χ0v) is 12.1. The Balaban J connectivity index is 2.15. The van der Waals surface area contributed by atoms with E-state index in [-0.39, 0.29) is 11.5 Å². The molecule has 0 bridgehead atoms. The van der Waals surface area contributed by atoms with Crippen LogP contribution in [0.1, 0.15) is 43.2 Å². The van der Waals surface area contributed by atoms with E-state index in [1.807, 2.05) is 0 Å². The minimum Gasteiger partial charge on any atom is -0.505 e. The Bertz CT molecular complexity index is 638. The number of rotatable bonds is 2. The van der Waals surface area contributed by atoms with Crippen LogP contribution in [0.4, 0.5) is 8.78 Å². The van der Waals surface area contributed by atoms with Crippen molar-refractivity contribution in [1.82, 2.24) is 0 Å². The molecule has 0 aliphatic heterocycles. The van der Waals surface area contributed by atoms with E-state index < -0.39 is 17.0 Å². The molecule has 0 atom stereocenters. The van der Waals surface area contributed by atoms with Crippen molar-refractivity contribution in [1.29, 1.82) is 0 Å². The zero-order chi connectivity index (χ0) is 15.7. The van der Waals surface area contributed by atoms with Crippen molar-refractivity contribution in [3.8, 4) is 11.5 Å². The molecule has 2 N–H and O–H groups in total. The third-order valence-corrected chi connectivity index (χ3v) is 4.71. The smallest absolute Gasteiger partial charge is 0.165 e. The van der Waals surface area contributed by atoms with Crippen LogP contribution >= 0.6 is 0 Å². The standard InChI is InChI=1S/C18H18F2O2/c19-14-10-12(4-6-16(14)21)18(8-2-1-3-9-18)13-5-7-17(22)15(20)11-13/h4-7,10-11,21-22H,1-3,8-9H2. The Morgan fingerprint density at radius 1 is 0.727 bits per heavy atom. The third-order valence-electron chi connectivity index (χ3n) is 4.71. The first-order chi connectivity index (χ1) is 10.5. The molecule has 1 aliphatic carbocycles. The summed E-state index contributed by atoms with van der Waals surface area (Å²) in [4.78, 5) is 0. The monoisotopic (exact) mass is 304 g/mol. The van der Waals surface area contributed by atoms with Crippen LogP contribution in [0, 0.1) is 11.6 Å². The van der Waals surface area contributed by atoms with E-state index in [0.29, 0.717) is 0 Å². The summed E-state index contributed by atoms with van der Waals surface area (Å²) in [6.45, 7) is 0. The normalized spacial score (nSPS) is 17.4. The Morgan fingerprint density at radius 3 is 1.59 bits per heavy atom. The molecule has 22 heavy (non-hydrogen) atoms. The number of benzene rings is 2. The van der Waals surface area contributed by atoms with Crippen LogP contribution < -0.4 is 0 Å². The number of phenols is 2. The summed E-state index contributed by atoms with van der Waals surface area (Å²) < 4.78 is 27.6. The van der Waals surface area contributed by atoms with E-state index in [1.54, 1.807) is 12.1 Å². The van der Waals surface area contributed by atoms with Crippen LogP contribution in [0.2, 0.25) is 0 Å². The first kappa shape index (κ1) is 14.8. The van der Waals surface area contributed by atoms with E-state index in [2.05, 4.69) is 0 Å². The summed E-state index contributed by atoms with van der Waals surface area (Å²) in [5.41, 5.74) is 1.02. The average Bonchev–Trinajstić information content (AvgIpc) is 2.53. The van der Waals surface area contributed by atoms with Crippen LogP contribution in [0.25, 0.3) is 0 Å². The molecule has 1 fully saturated rings. The van der Waals surface area contributed by atoms with Gasteiger partial charge in [-0.2, -0.15) is 0 Å². The van der Waals surface area contributed by atoms with Crippen molar-refractivity contribution < 1.29 is 19.0 Å². The number of hydrogen-bond donors (Lipinski definition) is 2. The van der Waals surface area contributed by atoms with Crippen LogP contribution in [0.5, 0.6) is 11.5 Å². The van der Waals surface area contributed by atoms with Gasteiger partial charge in [0.15, 0.2) is 23.1 Å². The van der Waals surface area contributed by atoms with Crippen molar-refractivity contribution in [3.05, 3.63) is 59.2 Å². The van der Waals surface area contributed by atoms with Gasteiger partial charge in [0, 0.05) is 5.41 Å². The zero-order valence-electron chi connectivity index (χ0n) is 12.1. The van der Waals surface area contributed by atoms with Crippen LogP contribution in [0.15, 0.2) is 36.4 Å². The lowest BCUT2D eigenvalue weighted by Crippen LogP contribution is -2.30. The molecular formula is C18H18F2O2. The van der Waals surface area contributed by atoms with Gasteiger partial charge in [-0.3, -0.25) is 0 Å². The molecule has 0 unspecified atom stereocenters. The Labute approximate surface area is 128 Å². The van der Waals surface area contributed by atoms with Gasteiger partial charge in [-0.05, 0) is 48.2 Å². The van der Waals surface area contributed by atoms with E-state index in [1.165, 1.54) is 24.3 Å². The summed E-state index contributed by atoms with van der Waals surface area (Å²) in [6, 6.07) is 8.77. The van der Waals surface area contributed by atoms with Gasteiger partial charge < -0.3 is 10.2 Å². The number of phenolic OH excluding ortho intramolecular Hbond substituents is 2. The van der Waals surface area contributed by atoms with Crippen molar-refractivity contribution >= 4 is 0 Å². The van der Waals surface area contributed by atoms with E-state index in [4.69, 9.17) is 0 Å². The van der Waals surface area contributed by atoms with E-state index in [9.17, 15) is 19.0 Å². The molecule has 116 valence electrons. The van der Waals surface area contributed by atoms with Gasteiger partial charge in [-0.1, -0.05) is 31.4 Å². The first-order valence-electron chi connectivity index (χ1n) is 7.51. The molecule has 2 aromatic rings. The highest BCUT2D eigenvalue weighted by Crippen LogP contribution is 2.46. The van der Waals surface area contributed by atoms with Gasteiger partial charge in [-0.25, -0.2) is 8.78 Å². The third kappa shape index (κ3) is 2.43. The fourth-order valence-corrected chi connectivity index (χ4v) is 3.51. The van der Waals surface area contributed by atoms with Gasteiger partial charge in [0.1, 0.15) is 0 Å². The summed E-state index contributed by atoms with van der Waals surface area (Å²) in [7, 11) is 0. The van der Waals surface area contributed by atoms with Gasteiger partial charge in [-0.15, -0.1) is 0 Å². The molecule has 0 radical (unpaired) electrons. The molecule has 0 aromatic heterocycles. The Morgan fingerprint density at radius 2 is 1.18 bits per heavy atom. The van der Waals surface area contributed by atoms with Crippen molar-refractivity contribution in [3.63, 3.8) is 0 Å². The lowest BCUT2D eigenvalue weighted by atomic mass is 9.65. The summed E-state index contributed by atoms with van der Waals surface area (Å²) >= 11 is 0. The summed E-state index contributed by atoms with van der Waals surface area (Å²) in [5.74, 6) is -2.10. The lowest BCUT2D eigenvalue weighted by Gasteiger charge is -2.38. The Kier molecular flexibility index (Phi) is 3.77. The predicted molar refractivity (Wildman–Crippen MR) is 80.0 cm³/mol. The number of halogens is 2. The lowest BCUT2D eigenvalue weighted by molar-refractivity contribution is 0.341. The van der Waals surface area contributed by atoms with Crippen LogP contribution in [-0.4, -0.2) is 10.2 Å². The molecule has 0 heterocycles. The highest BCUT2D eigenvalue weighted by molar-refractivity contribution is 5.44. The summed E-state index contributed by atoms with van der Waals surface area (Å²) in [6.07, 6.45) is 4.64. The highest BCUT2D eigenvalue weighted by atomic mass is 19.1. The van der Waals surface area contributed by atoms with Gasteiger partial charge in [0.25, 0.3) is 0 Å². The molecule has 0 saturated heterocycles. The minimum atomic E-state index is -0.665. The SMILES string of the molecule is Oc1ccc(C2(c3ccc(O)c(F)c3)CCCCC2)cc1F. The van der Waals surface area contributed by atoms with Gasteiger partial charge in [0.05, 0.1) is 0 Å². The fraction of sp³-hybridized carbons (Fsp3) is 0.333. The molecule has 3 rings (SSSR count). The highest BCUT2D eigenvalue weighted by Gasteiger charge is 2.36. The number of hydrogen-bond acceptors (Lipinski definition) is 2. The van der Waals surface area contributed by atoms with Crippen molar-refractivity contribution in [2.45, 2.75) is 37.5 Å². The van der Waals surface area contributed by atoms with Crippen molar-refractivity contribution in [2.24, 2.45) is 0 Å². The quantitative estimate of drug-likeness (QED) is 0.849. The molecule has 0 spiro atoms. The molecule has 2 nitrogen and oxygen atoms in total. The Hall–Kier alpha value is -2.10. The number of aromatic hydroxyl groups is 2. The molecule has 0 amide bonds. The van der Waals surface area contributed by atoms with Crippen LogP contribution in [0.3, 0.4) is 0 Å². The molecule has 2 aromatic carbocycles. The van der Waals surface area contributed by atoms with Crippen molar-refractivity contribution in [2.75, 3.05) is 0 Å². The molecule has 1 aliphatic rings. The van der Waals surface area contributed by atoms with Gasteiger partial charge >= 0.3 is 0 Å².